The Morgan fingerprint density at radius 3 is 3.33 bits per heavy atom. The van der Waals surface area contributed by atoms with E-state index in [-0.39, 0.29) is 0 Å². The lowest BCUT2D eigenvalue weighted by molar-refractivity contribution is 1.23. The number of nitrogens with zero attached hydrogens (tertiary/aromatic N) is 2. The Balaban J connectivity index is 2.95. The zero-order valence-corrected chi connectivity index (χ0v) is 5.43. The predicted molar refractivity (Wildman–Crippen MR) is 37.4 cm³/mol. The summed E-state index contributed by atoms with van der Waals surface area (Å²) >= 11 is 1.66. The molecule has 44 valence electrons. The topological polar surface area (TPSA) is 25.8 Å². The van der Waals surface area contributed by atoms with Gasteiger partial charge in [-0.2, -0.15) is 0 Å². The van der Waals surface area contributed by atoms with E-state index in [0.717, 1.165) is 10.2 Å². The van der Waals surface area contributed by atoms with Crippen molar-refractivity contribution in [1.29, 1.82) is 0 Å². The molecule has 3 heteroatoms. The smallest absolute Gasteiger partial charge is 0.116 e. The highest BCUT2D eigenvalue weighted by atomic mass is 32.1. The standard InChI is InChI=1S/C6H4N2S/c1-2-9-6-3-7-4-8-5(1)6/h1-4H. The summed E-state index contributed by atoms with van der Waals surface area (Å²) < 4.78 is 1.15. The lowest BCUT2D eigenvalue weighted by atomic mass is 10.5. The Bertz CT molecular complexity index is 285. The Labute approximate surface area is 56.2 Å². The second kappa shape index (κ2) is 1.77. The van der Waals surface area contributed by atoms with E-state index in [4.69, 9.17) is 0 Å². The predicted octanol–water partition coefficient (Wildman–Crippen LogP) is 1.69. The van der Waals surface area contributed by atoms with Crippen LogP contribution in [0.3, 0.4) is 0 Å². The molecule has 2 aromatic rings. The van der Waals surface area contributed by atoms with Crippen LogP contribution in [0.4, 0.5) is 0 Å². The average Bonchev–Trinajstić information content (AvgIpc) is 2.33. The third kappa shape index (κ3) is 0.695. The molecule has 0 amide bonds. The molecule has 0 bridgehead atoms. The first-order valence-electron chi connectivity index (χ1n) is 2.60. The molecular formula is C6H4N2S. The van der Waals surface area contributed by atoms with Crippen LogP contribution in [0, 0.1) is 0 Å². The summed E-state index contributed by atoms with van der Waals surface area (Å²) in [5, 5.41) is 2.01. The van der Waals surface area contributed by atoms with Gasteiger partial charge < -0.3 is 0 Å². The number of fused-ring (bicyclic) bond motifs is 1. The average molecular weight is 136 g/mol. The minimum atomic E-state index is 1.04. The van der Waals surface area contributed by atoms with E-state index < -0.39 is 0 Å². The highest BCUT2D eigenvalue weighted by Gasteiger charge is 1.90. The Kier molecular flexibility index (Phi) is 0.960. The van der Waals surface area contributed by atoms with E-state index in [1.165, 1.54) is 0 Å². The number of rotatable bonds is 0. The van der Waals surface area contributed by atoms with Gasteiger partial charge in [0.25, 0.3) is 0 Å². The van der Waals surface area contributed by atoms with Gasteiger partial charge in [0.2, 0.25) is 0 Å². The van der Waals surface area contributed by atoms with E-state index in [1.807, 2.05) is 17.6 Å². The highest BCUT2D eigenvalue weighted by Crippen LogP contribution is 2.15. The maximum atomic E-state index is 4.04. The lowest BCUT2D eigenvalue weighted by Gasteiger charge is -1.81. The van der Waals surface area contributed by atoms with Gasteiger partial charge in [0, 0.05) is 6.20 Å². The van der Waals surface area contributed by atoms with Gasteiger partial charge in [-0.05, 0) is 11.4 Å². The van der Waals surface area contributed by atoms with Crippen molar-refractivity contribution in [3.8, 4) is 0 Å². The van der Waals surface area contributed by atoms with Crippen molar-refractivity contribution in [1.82, 2.24) is 9.97 Å². The number of aromatic nitrogens is 2. The van der Waals surface area contributed by atoms with Crippen LogP contribution < -0.4 is 0 Å². The molecule has 0 radical (unpaired) electrons. The van der Waals surface area contributed by atoms with Gasteiger partial charge in [0.05, 0.1) is 10.2 Å². The summed E-state index contributed by atoms with van der Waals surface area (Å²) in [5.74, 6) is 0. The fourth-order valence-electron chi connectivity index (χ4n) is 0.714. The van der Waals surface area contributed by atoms with Crippen LogP contribution in [0.15, 0.2) is 24.0 Å². The van der Waals surface area contributed by atoms with Crippen molar-refractivity contribution in [2.24, 2.45) is 0 Å². The van der Waals surface area contributed by atoms with E-state index in [0.29, 0.717) is 0 Å². The molecule has 0 aliphatic heterocycles. The van der Waals surface area contributed by atoms with Gasteiger partial charge in [-0.1, -0.05) is 0 Å². The third-order valence-corrected chi connectivity index (χ3v) is 1.97. The van der Waals surface area contributed by atoms with E-state index in [9.17, 15) is 0 Å². The molecule has 0 saturated heterocycles. The molecule has 2 rings (SSSR count). The number of thiophene rings is 1. The fraction of sp³-hybridized carbons (Fsp3) is 0. The van der Waals surface area contributed by atoms with Crippen molar-refractivity contribution in [2.45, 2.75) is 0 Å². The molecule has 0 aromatic carbocycles. The normalized spacial score (nSPS) is 10.2. The third-order valence-electron chi connectivity index (χ3n) is 1.13. The minimum Gasteiger partial charge on any atom is -0.243 e. The van der Waals surface area contributed by atoms with Gasteiger partial charge in [-0.25, -0.2) is 9.97 Å². The van der Waals surface area contributed by atoms with Gasteiger partial charge in [-0.15, -0.1) is 11.3 Å². The molecule has 9 heavy (non-hydrogen) atoms. The fourth-order valence-corrected chi connectivity index (χ4v) is 1.42. The largest absolute Gasteiger partial charge is 0.243 e. The maximum Gasteiger partial charge on any atom is 0.116 e. The molecule has 2 nitrogen and oxygen atoms in total. The number of hydrogen-bond donors (Lipinski definition) is 0. The molecular weight excluding hydrogens is 132 g/mol. The van der Waals surface area contributed by atoms with Crippen LogP contribution >= 0.6 is 11.3 Å². The summed E-state index contributed by atoms with van der Waals surface area (Å²) in [4.78, 5) is 7.92. The monoisotopic (exact) mass is 136 g/mol. The molecule has 0 unspecified atom stereocenters. The molecule has 0 aliphatic carbocycles. The molecule has 0 aliphatic rings. The van der Waals surface area contributed by atoms with Crippen LogP contribution in [-0.4, -0.2) is 9.97 Å². The summed E-state index contributed by atoms with van der Waals surface area (Å²) in [6.07, 6.45) is 3.39. The SMILES string of the molecule is c1ncc2sccc2n1. The van der Waals surface area contributed by atoms with Crippen LogP contribution in [0.1, 0.15) is 0 Å². The zero-order chi connectivity index (χ0) is 6.10. The first-order valence-corrected chi connectivity index (χ1v) is 3.48. The molecule has 2 aromatic heterocycles. The summed E-state index contributed by atoms with van der Waals surface area (Å²) in [7, 11) is 0. The van der Waals surface area contributed by atoms with Crippen LogP contribution in [-0.2, 0) is 0 Å². The Morgan fingerprint density at radius 2 is 2.44 bits per heavy atom. The summed E-state index contributed by atoms with van der Waals surface area (Å²) in [5.41, 5.74) is 1.04. The molecule has 0 saturated carbocycles. The van der Waals surface area contributed by atoms with E-state index in [2.05, 4.69) is 9.97 Å². The van der Waals surface area contributed by atoms with Gasteiger partial charge in [0.1, 0.15) is 6.33 Å². The van der Waals surface area contributed by atoms with Crippen LogP contribution in [0.5, 0.6) is 0 Å². The first-order chi connectivity index (χ1) is 4.47. The Morgan fingerprint density at radius 1 is 1.44 bits per heavy atom. The number of hydrogen-bond acceptors (Lipinski definition) is 3. The molecule has 0 fully saturated rings. The van der Waals surface area contributed by atoms with Crippen LogP contribution in [0.25, 0.3) is 10.2 Å². The molecule has 0 atom stereocenters. The second-order valence-corrected chi connectivity index (χ2v) is 2.64. The van der Waals surface area contributed by atoms with Crippen LogP contribution in [0.2, 0.25) is 0 Å². The first kappa shape index (κ1) is 4.88. The molecule has 0 N–H and O–H groups in total. The van der Waals surface area contributed by atoms with Crippen molar-refractivity contribution < 1.29 is 0 Å². The summed E-state index contributed by atoms with van der Waals surface area (Å²) in [6, 6.07) is 1.99. The molecule has 2 heterocycles. The highest BCUT2D eigenvalue weighted by molar-refractivity contribution is 7.17. The van der Waals surface area contributed by atoms with Crippen molar-refractivity contribution in [3.05, 3.63) is 24.0 Å². The van der Waals surface area contributed by atoms with Gasteiger partial charge >= 0.3 is 0 Å². The quantitative estimate of drug-likeness (QED) is 0.550. The Hall–Kier alpha value is -0.960. The van der Waals surface area contributed by atoms with Gasteiger partial charge in [-0.3, -0.25) is 0 Å². The molecule has 0 spiro atoms. The lowest BCUT2D eigenvalue weighted by Crippen LogP contribution is -1.72. The van der Waals surface area contributed by atoms with Crippen molar-refractivity contribution >= 4 is 21.6 Å². The second-order valence-electron chi connectivity index (χ2n) is 1.69. The van der Waals surface area contributed by atoms with E-state index >= 15 is 0 Å². The van der Waals surface area contributed by atoms with Gasteiger partial charge in [0.15, 0.2) is 0 Å². The van der Waals surface area contributed by atoms with E-state index in [1.54, 1.807) is 17.7 Å². The van der Waals surface area contributed by atoms with Crippen molar-refractivity contribution in [2.75, 3.05) is 0 Å². The zero-order valence-electron chi connectivity index (χ0n) is 4.61. The minimum absolute atomic E-state index is 1.04. The van der Waals surface area contributed by atoms with Crippen molar-refractivity contribution in [3.63, 3.8) is 0 Å². The summed E-state index contributed by atoms with van der Waals surface area (Å²) in [6.45, 7) is 0. The maximum absolute atomic E-state index is 4.04.